The van der Waals surface area contributed by atoms with E-state index < -0.39 is 0 Å². The molecule has 0 aromatic heterocycles. The highest BCUT2D eigenvalue weighted by molar-refractivity contribution is 9.10. The van der Waals surface area contributed by atoms with Gasteiger partial charge in [-0.15, -0.1) is 0 Å². The highest BCUT2D eigenvalue weighted by Crippen LogP contribution is 2.22. The summed E-state index contributed by atoms with van der Waals surface area (Å²) >= 11 is 3.52. The molecule has 0 unspecified atom stereocenters. The molecule has 0 bridgehead atoms. The summed E-state index contributed by atoms with van der Waals surface area (Å²) in [7, 11) is 0. The Balaban J connectivity index is 1.90. The summed E-state index contributed by atoms with van der Waals surface area (Å²) in [5.41, 5.74) is 7.27. The van der Waals surface area contributed by atoms with Crippen LogP contribution in [0.25, 0.3) is 0 Å². The molecule has 1 aromatic rings. The lowest BCUT2D eigenvalue weighted by molar-refractivity contribution is 0.322. The van der Waals surface area contributed by atoms with Crippen molar-refractivity contribution in [3.63, 3.8) is 0 Å². The first-order valence-electron chi connectivity index (χ1n) is 6.42. The quantitative estimate of drug-likeness (QED) is 0.897. The van der Waals surface area contributed by atoms with E-state index in [1.807, 2.05) is 0 Å². The van der Waals surface area contributed by atoms with Crippen molar-refractivity contribution in [2.75, 3.05) is 0 Å². The molecule has 1 aromatic carbocycles. The third-order valence-corrected chi connectivity index (χ3v) is 4.10. The summed E-state index contributed by atoms with van der Waals surface area (Å²) in [5.74, 6) is 0. The van der Waals surface area contributed by atoms with Crippen molar-refractivity contribution in [2.24, 2.45) is 5.73 Å². The van der Waals surface area contributed by atoms with Crippen LogP contribution in [-0.4, -0.2) is 12.1 Å². The van der Waals surface area contributed by atoms with Crippen molar-refractivity contribution in [1.29, 1.82) is 0 Å². The third-order valence-electron chi connectivity index (χ3n) is 3.61. The van der Waals surface area contributed by atoms with E-state index in [4.69, 9.17) is 5.73 Å². The van der Waals surface area contributed by atoms with Gasteiger partial charge in [0.25, 0.3) is 0 Å². The van der Waals surface area contributed by atoms with Gasteiger partial charge in [0.05, 0.1) is 0 Å². The molecule has 1 atom stereocenters. The molecule has 1 aliphatic carbocycles. The fourth-order valence-corrected chi connectivity index (χ4v) is 2.93. The molecule has 1 saturated carbocycles. The monoisotopic (exact) mass is 296 g/mol. The first-order chi connectivity index (χ1) is 8.15. The molecule has 0 heterocycles. The second-order valence-electron chi connectivity index (χ2n) is 5.06. The Hall–Kier alpha value is -0.380. The van der Waals surface area contributed by atoms with Gasteiger partial charge in [-0.2, -0.15) is 0 Å². The van der Waals surface area contributed by atoms with Crippen molar-refractivity contribution in [1.82, 2.24) is 5.32 Å². The average Bonchev–Trinajstić information content (AvgIpc) is 2.32. The molecule has 94 valence electrons. The number of rotatable bonds is 3. The molecule has 0 aliphatic heterocycles. The van der Waals surface area contributed by atoms with E-state index in [2.05, 4.69) is 52.4 Å². The average molecular weight is 297 g/mol. The molecule has 2 rings (SSSR count). The van der Waals surface area contributed by atoms with E-state index in [1.165, 1.54) is 18.4 Å². The Morgan fingerprint density at radius 2 is 2.00 bits per heavy atom. The van der Waals surface area contributed by atoms with Crippen LogP contribution in [0.2, 0.25) is 0 Å². The zero-order valence-corrected chi connectivity index (χ0v) is 11.9. The zero-order chi connectivity index (χ0) is 12.3. The molecular weight excluding hydrogens is 276 g/mol. The van der Waals surface area contributed by atoms with Crippen molar-refractivity contribution in [2.45, 2.75) is 50.7 Å². The molecule has 0 radical (unpaired) electrons. The number of benzene rings is 1. The second kappa shape index (κ2) is 5.98. The smallest absolute Gasteiger partial charge is 0.0294 e. The summed E-state index contributed by atoms with van der Waals surface area (Å²) in [6.07, 6.45) is 4.73. The minimum Gasteiger partial charge on any atom is -0.328 e. The van der Waals surface area contributed by atoms with E-state index >= 15 is 0 Å². The maximum Gasteiger partial charge on any atom is 0.0294 e. The van der Waals surface area contributed by atoms with Gasteiger partial charge >= 0.3 is 0 Å². The molecule has 2 nitrogen and oxygen atoms in total. The Labute approximate surface area is 112 Å². The summed E-state index contributed by atoms with van der Waals surface area (Å²) in [5, 5.41) is 3.71. The predicted octanol–water partition coefficient (Wildman–Crippen LogP) is 3.37. The van der Waals surface area contributed by atoms with Gasteiger partial charge in [0.15, 0.2) is 0 Å². The lowest BCUT2D eigenvalue weighted by atomic mass is 9.91. The van der Waals surface area contributed by atoms with Crippen LogP contribution in [-0.2, 0) is 0 Å². The van der Waals surface area contributed by atoms with Crippen molar-refractivity contribution < 1.29 is 0 Å². The molecule has 0 amide bonds. The first-order valence-corrected chi connectivity index (χ1v) is 7.21. The molecule has 0 spiro atoms. The summed E-state index contributed by atoms with van der Waals surface area (Å²) in [6.45, 7) is 2.23. The number of hydrogen-bond acceptors (Lipinski definition) is 2. The summed E-state index contributed by atoms with van der Waals surface area (Å²) in [6, 6.07) is 9.98. The predicted molar refractivity (Wildman–Crippen MR) is 75.9 cm³/mol. The van der Waals surface area contributed by atoms with E-state index in [0.29, 0.717) is 18.1 Å². The van der Waals surface area contributed by atoms with Gasteiger partial charge in [-0.25, -0.2) is 0 Å². The standard InChI is InChI=1S/C14H21BrN2/c1-10(11-3-2-4-12(15)9-11)17-14-7-5-13(16)6-8-14/h2-4,9-10,13-14,17H,5-8,16H2,1H3/t10-,13?,14?/m1/s1. The Bertz CT molecular complexity index is 359. The van der Waals surface area contributed by atoms with Crippen LogP contribution in [0.1, 0.15) is 44.2 Å². The van der Waals surface area contributed by atoms with Crippen molar-refractivity contribution in [3.8, 4) is 0 Å². The van der Waals surface area contributed by atoms with Crippen LogP contribution in [0, 0.1) is 0 Å². The van der Waals surface area contributed by atoms with E-state index in [-0.39, 0.29) is 0 Å². The van der Waals surface area contributed by atoms with Crippen LogP contribution >= 0.6 is 15.9 Å². The van der Waals surface area contributed by atoms with E-state index in [0.717, 1.165) is 17.3 Å². The Morgan fingerprint density at radius 1 is 1.29 bits per heavy atom. The number of nitrogens with one attached hydrogen (secondary N) is 1. The molecule has 1 aliphatic rings. The number of nitrogens with two attached hydrogens (primary N) is 1. The molecular formula is C14H21BrN2. The van der Waals surface area contributed by atoms with E-state index in [9.17, 15) is 0 Å². The third kappa shape index (κ3) is 3.80. The fourth-order valence-electron chi connectivity index (χ4n) is 2.51. The van der Waals surface area contributed by atoms with Crippen LogP contribution in [0.5, 0.6) is 0 Å². The van der Waals surface area contributed by atoms with Gasteiger partial charge in [0.2, 0.25) is 0 Å². The van der Waals surface area contributed by atoms with Gasteiger partial charge < -0.3 is 11.1 Å². The largest absolute Gasteiger partial charge is 0.328 e. The minimum absolute atomic E-state index is 0.409. The van der Waals surface area contributed by atoms with Gasteiger partial charge in [0.1, 0.15) is 0 Å². The first kappa shape index (κ1) is 13.1. The van der Waals surface area contributed by atoms with Crippen molar-refractivity contribution >= 4 is 15.9 Å². The van der Waals surface area contributed by atoms with Gasteiger partial charge in [-0.1, -0.05) is 28.1 Å². The second-order valence-corrected chi connectivity index (χ2v) is 5.97. The van der Waals surface area contributed by atoms with Crippen molar-refractivity contribution in [3.05, 3.63) is 34.3 Å². The SMILES string of the molecule is C[C@@H](NC1CCC(N)CC1)c1cccc(Br)c1. The Kier molecular flexibility index (Phi) is 4.60. The maximum atomic E-state index is 5.92. The highest BCUT2D eigenvalue weighted by atomic mass is 79.9. The number of hydrogen-bond donors (Lipinski definition) is 2. The van der Waals surface area contributed by atoms with Crippen LogP contribution in [0.4, 0.5) is 0 Å². The molecule has 0 saturated heterocycles. The van der Waals surface area contributed by atoms with Crippen LogP contribution in [0.15, 0.2) is 28.7 Å². The normalized spacial score (nSPS) is 26.8. The highest BCUT2D eigenvalue weighted by Gasteiger charge is 2.20. The van der Waals surface area contributed by atoms with E-state index in [1.54, 1.807) is 0 Å². The number of halogens is 1. The molecule has 3 N–H and O–H groups in total. The zero-order valence-electron chi connectivity index (χ0n) is 10.3. The maximum absolute atomic E-state index is 5.92. The van der Waals surface area contributed by atoms with Gasteiger partial charge in [0, 0.05) is 22.6 Å². The Morgan fingerprint density at radius 3 is 2.65 bits per heavy atom. The lowest BCUT2D eigenvalue weighted by Crippen LogP contribution is -2.38. The van der Waals surface area contributed by atoms with Crippen LogP contribution in [0.3, 0.4) is 0 Å². The summed E-state index contributed by atoms with van der Waals surface area (Å²) < 4.78 is 1.15. The van der Waals surface area contributed by atoms with Gasteiger partial charge in [-0.05, 0) is 50.3 Å². The topological polar surface area (TPSA) is 38.0 Å². The lowest BCUT2D eigenvalue weighted by Gasteiger charge is -2.29. The van der Waals surface area contributed by atoms with Crippen LogP contribution < -0.4 is 11.1 Å². The van der Waals surface area contributed by atoms with Gasteiger partial charge in [-0.3, -0.25) is 0 Å². The fraction of sp³-hybridized carbons (Fsp3) is 0.571. The molecule has 3 heteroatoms. The molecule has 1 fully saturated rings. The summed E-state index contributed by atoms with van der Waals surface area (Å²) in [4.78, 5) is 0. The minimum atomic E-state index is 0.409. The molecule has 17 heavy (non-hydrogen) atoms.